The number of imidazole rings is 1. The van der Waals surface area contributed by atoms with Crippen LogP contribution < -0.4 is 0 Å². The van der Waals surface area contributed by atoms with E-state index in [0.717, 1.165) is 24.3 Å². The molecule has 0 saturated carbocycles. The largest absolute Gasteiger partial charge is 0.327 e. The van der Waals surface area contributed by atoms with Crippen LogP contribution in [0.2, 0.25) is 0 Å². The monoisotopic (exact) mass is 264 g/mol. The van der Waals surface area contributed by atoms with Gasteiger partial charge >= 0.3 is 0 Å². The van der Waals surface area contributed by atoms with Gasteiger partial charge < -0.3 is 4.57 Å². The second-order valence-electron chi connectivity index (χ2n) is 5.68. The normalized spacial score (nSPS) is 11.3. The van der Waals surface area contributed by atoms with Crippen molar-refractivity contribution in [3.63, 3.8) is 0 Å². The number of para-hydroxylation sites is 2. The first-order chi connectivity index (χ1) is 9.74. The van der Waals surface area contributed by atoms with Crippen LogP contribution in [0.5, 0.6) is 0 Å². The number of hydrogen-bond acceptors (Lipinski definition) is 1. The van der Waals surface area contributed by atoms with Crippen molar-refractivity contribution < 1.29 is 0 Å². The van der Waals surface area contributed by atoms with Gasteiger partial charge in [-0.3, -0.25) is 0 Å². The summed E-state index contributed by atoms with van der Waals surface area (Å²) in [6.07, 6.45) is 0.891. The summed E-state index contributed by atoms with van der Waals surface area (Å²) in [4.78, 5) is 4.82. The molecule has 0 radical (unpaired) electrons. The zero-order valence-electron chi connectivity index (χ0n) is 12.1. The van der Waals surface area contributed by atoms with Crippen LogP contribution in [0.1, 0.15) is 25.2 Å². The van der Waals surface area contributed by atoms with E-state index in [1.807, 2.05) is 0 Å². The first-order valence-electron chi connectivity index (χ1n) is 7.22. The molecule has 1 aromatic heterocycles. The molecule has 0 aliphatic carbocycles. The number of benzene rings is 2. The van der Waals surface area contributed by atoms with Crippen LogP contribution in [0.15, 0.2) is 54.6 Å². The van der Waals surface area contributed by atoms with Crippen LogP contribution in [0.3, 0.4) is 0 Å². The summed E-state index contributed by atoms with van der Waals surface area (Å²) < 4.78 is 2.37. The van der Waals surface area contributed by atoms with E-state index in [2.05, 4.69) is 73.0 Å². The Kier molecular flexibility index (Phi) is 3.55. The molecule has 1 heterocycles. The van der Waals surface area contributed by atoms with Crippen molar-refractivity contribution >= 4 is 11.0 Å². The van der Waals surface area contributed by atoms with Gasteiger partial charge in [0.2, 0.25) is 0 Å². The van der Waals surface area contributed by atoms with Crippen LogP contribution in [0.25, 0.3) is 11.0 Å². The summed E-state index contributed by atoms with van der Waals surface area (Å²) in [5, 5.41) is 0. The van der Waals surface area contributed by atoms with Crippen molar-refractivity contribution in [3.8, 4) is 0 Å². The van der Waals surface area contributed by atoms with Gasteiger partial charge in [0.25, 0.3) is 0 Å². The maximum Gasteiger partial charge on any atom is 0.114 e. The lowest BCUT2D eigenvalue weighted by Gasteiger charge is -2.11. The van der Waals surface area contributed by atoms with Gasteiger partial charge in [-0.15, -0.1) is 0 Å². The lowest BCUT2D eigenvalue weighted by Crippen LogP contribution is -2.09. The molecule has 102 valence electrons. The lowest BCUT2D eigenvalue weighted by molar-refractivity contribution is 0.520. The van der Waals surface area contributed by atoms with Gasteiger partial charge in [0.15, 0.2) is 0 Å². The molecular formula is C18H20N2. The summed E-state index contributed by atoms with van der Waals surface area (Å²) in [7, 11) is 0. The first-order valence-corrected chi connectivity index (χ1v) is 7.22. The first kappa shape index (κ1) is 12.9. The Hall–Kier alpha value is -2.09. The molecule has 0 aliphatic rings. The van der Waals surface area contributed by atoms with E-state index in [4.69, 9.17) is 4.98 Å². The maximum absolute atomic E-state index is 4.82. The number of hydrogen-bond donors (Lipinski definition) is 0. The van der Waals surface area contributed by atoms with Gasteiger partial charge in [-0.1, -0.05) is 56.3 Å². The van der Waals surface area contributed by atoms with E-state index in [-0.39, 0.29) is 0 Å². The Morgan fingerprint density at radius 1 is 0.950 bits per heavy atom. The van der Waals surface area contributed by atoms with Crippen LogP contribution in [0, 0.1) is 5.92 Å². The maximum atomic E-state index is 4.82. The van der Waals surface area contributed by atoms with Crippen LogP contribution in [-0.2, 0) is 13.0 Å². The highest BCUT2D eigenvalue weighted by Gasteiger charge is 2.11. The van der Waals surface area contributed by atoms with Crippen molar-refractivity contribution in [2.75, 3.05) is 0 Å². The molecule has 0 spiro atoms. The number of fused-ring (bicyclic) bond motifs is 1. The van der Waals surface area contributed by atoms with Crippen molar-refractivity contribution in [2.45, 2.75) is 26.8 Å². The topological polar surface area (TPSA) is 17.8 Å². The van der Waals surface area contributed by atoms with Crippen molar-refractivity contribution in [1.82, 2.24) is 9.55 Å². The molecule has 2 aromatic carbocycles. The number of rotatable bonds is 4. The lowest BCUT2D eigenvalue weighted by atomic mass is 10.1. The molecule has 0 amide bonds. The number of aromatic nitrogens is 2. The fourth-order valence-electron chi connectivity index (χ4n) is 2.61. The zero-order valence-corrected chi connectivity index (χ0v) is 12.1. The van der Waals surface area contributed by atoms with Crippen LogP contribution in [0.4, 0.5) is 0 Å². The Morgan fingerprint density at radius 2 is 1.65 bits per heavy atom. The smallest absolute Gasteiger partial charge is 0.114 e. The van der Waals surface area contributed by atoms with E-state index in [1.165, 1.54) is 11.1 Å². The standard InChI is InChI=1S/C18H20N2/c1-14(2)13-20-17-11-7-6-10-16(17)19-18(20)12-15-8-4-3-5-9-15/h3-11,14H,12-13H2,1-2H3. The average Bonchev–Trinajstić information content (AvgIpc) is 2.78. The highest BCUT2D eigenvalue weighted by Crippen LogP contribution is 2.20. The fraction of sp³-hybridized carbons (Fsp3) is 0.278. The van der Waals surface area contributed by atoms with Gasteiger partial charge in [0.1, 0.15) is 5.82 Å². The Bertz CT molecular complexity index is 696. The molecule has 0 bridgehead atoms. The summed E-state index contributed by atoms with van der Waals surface area (Å²) in [6, 6.07) is 19.0. The Balaban J connectivity index is 2.04. The molecule has 20 heavy (non-hydrogen) atoms. The third-order valence-corrected chi connectivity index (χ3v) is 3.49. The van der Waals surface area contributed by atoms with Gasteiger partial charge in [-0.2, -0.15) is 0 Å². The van der Waals surface area contributed by atoms with Gasteiger partial charge in [-0.05, 0) is 23.6 Å². The van der Waals surface area contributed by atoms with Gasteiger partial charge in [0.05, 0.1) is 11.0 Å². The van der Waals surface area contributed by atoms with E-state index in [9.17, 15) is 0 Å². The summed E-state index contributed by atoms with van der Waals surface area (Å²) in [6.45, 7) is 5.52. The van der Waals surface area contributed by atoms with E-state index >= 15 is 0 Å². The predicted octanol–water partition coefficient (Wildman–Crippen LogP) is 4.28. The second-order valence-corrected chi connectivity index (χ2v) is 5.68. The molecule has 3 rings (SSSR count). The van der Waals surface area contributed by atoms with Crippen molar-refractivity contribution in [3.05, 3.63) is 66.0 Å². The highest BCUT2D eigenvalue weighted by atomic mass is 15.1. The molecule has 0 unspecified atom stereocenters. The van der Waals surface area contributed by atoms with Crippen molar-refractivity contribution in [2.24, 2.45) is 5.92 Å². The molecule has 3 aromatic rings. The summed E-state index contributed by atoms with van der Waals surface area (Å²) in [5.41, 5.74) is 3.65. The third kappa shape index (κ3) is 2.60. The van der Waals surface area contributed by atoms with Gasteiger partial charge in [-0.25, -0.2) is 4.98 Å². The van der Waals surface area contributed by atoms with E-state index < -0.39 is 0 Å². The Labute approximate surface area is 120 Å². The molecule has 0 fully saturated rings. The number of nitrogens with zero attached hydrogens (tertiary/aromatic N) is 2. The fourth-order valence-corrected chi connectivity index (χ4v) is 2.61. The quantitative estimate of drug-likeness (QED) is 0.687. The highest BCUT2D eigenvalue weighted by molar-refractivity contribution is 5.76. The zero-order chi connectivity index (χ0) is 13.9. The van der Waals surface area contributed by atoms with E-state index in [1.54, 1.807) is 0 Å². The summed E-state index contributed by atoms with van der Waals surface area (Å²) >= 11 is 0. The molecular weight excluding hydrogens is 244 g/mol. The molecule has 0 aliphatic heterocycles. The van der Waals surface area contributed by atoms with Crippen LogP contribution >= 0.6 is 0 Å². The molecule has 0 atom stereocenters. The third-order valence-electron chi connectivity index (χ3n) is 3.49. The molecule has 0 saturated heterocycles. The van der Waals surface area contributed by atoms with Crippen LogP contribution in [-0.4, -0.2) is 9.55 Å². The average molecular weight is 264 g/mol. The Morgan fingerprint density at radius 3 is 2.40 bits per heavy atom. The molecule has 2 nitrogen and oxygen atoms in total. The minimum absolute atomic E-state index is 0.613. The summed E-state index contributed by atoms with van der Waals surface area (Å²) in [5.74, 6) is 1.77. The van der Waals surface area contributed by atoms with Gasteiger partial charge in [0, 0.05) is 13.0 Å². The van der Waals surface area contributed by atoms with E-state index in [0.29, 0.717) is 5.92 Å². The molecule has 2 heteroatoms. The molecule has 0 N–H and O–H groups in total. The predicted molar refractivity (Wildman–Crippen MR) is 83.8 cm³/mol. The minimum atomic E-state index is 0.613. The minimum Gasteiger partial charge on any atom is -0.327 e. The SMILES string of the molecule is CC(C)Cn1c(Cc2ccccc2)nc2ccccc21. The van der Waals surface area contributed by atoms with Crippen molar-refractivity contribution in [1.29, 1.82) is 0 Å². The second kappa shape index (κ2) is 5.49.